The Morgan fingerprint density at radius 3 is 3.08 bits per heavy atom. The van der Waals surface area contributed by atoms with Crippen LogP contribution >= 0.6 is 0 Å². The Morgan fingerprint density at radius 1 is 1.77 bits per heavy atom. The fourth-order valence-electron chi connectivity index (χ4n) is 0.553. The number of hydrazone groups is 1. The quantitative estimate of drug-likeness (QED) is 0.522. The van der Waals surface area contributed by atoms with Gasteiger partial charge < -0.3 is 0 Å². The van der Waals surface area contributed by atoms with E-state index in [1.54, 1.807) is 11.5 Å². The van der Waals surface area contributed by atoms with Crippen molar-refractivity contribution in [2.24, 2.45) is 5.10 Å². The number of H-pyrrole nitrogens is 1. The van der Waals surface area contributed by atoms with E-state index < -0.39 is 12.3 Å². The number of alkyl halides is 2. The molecule has 0 aromatic carbocycles. The van der Waals surface area contributed by atoms with Gasteiger partial charge in [0.25, 0.3) is 0 Å². The highest BCUT2D eigenvalue weighted by atomic mass is 19.3. The van der Waals surface area contributed by atoms with Crippen LogP contribution < -0.4 is 5.43 Å². The van der Waals surface area contributed by atoms with Crippen molar-refractivity contribution < 1.29 is 13.6 Å². The van der Waals surface area contributed by atoms with Crippen LogP contribution in [-0.2, 0) is 4.79 Å². The number of nitrogens with one attached hydrogen (secondary N) is 2. The van der Waals surface area contributed by atoms with Crippen LogP contribution in [0.3, 0.4) is 0 Å². The van der Waals surface area contributed by atoms with Crippen molar-refractivity contribution in [3.8, 4) is 0 Å². The van der Waals surface area contributed by atoms with Gasteiger partial charge in [0, 0.05) is 6.20 Å². The second-order valence-corrected chi connectivity index (χ2v) is 2.05. The molecular formula is C6H6F2N4O. The van der Waals surface area contributed by atoms with Crippen LogP contribution in [0.25, 0.3) is 0 Å². The number of aromatic nitrogens is 2. The van der Waals surface area contributed by atoms with Gasteiger partial charge in [0.1, 0.15) is 0 Å². The van der Waals surface area contributed by atoms with Gasteiger partial charge in [-0.15, -0.1) is 0 Å². The first-order chi connectivity index (χ1) is 6.20. The molecule has 0 aliphatic heterocycles. The van der Waals surface area contributed by atoms with Gasteiger partial charge in [0.2, 0.25) is 0 Å². The lowest BCUT2D eigenvalue weighted by atomic mass is 10.5. The van der Waals surface area contributed by atoms with Crippen LogP contribution in [0.1, 0.15) is 5.69 Å². The molecule has 0 radical (unpaired) electrons. The Bertz CT molecular complexity index is 296. The topological polar surface area (TPSA) is 70.1 Å². The summed E-state index contributed by atoms with van der Waals surface area (Å²) in [6.45, 7) is 0. The number of halogens is 2. The number of rotatable bonds is 3. The second kappa shape index (κ2) is 4.29. The Hall–Kier alpha value is -1.79. The molecule has 0 spiro atoms. The van der Waals surface area contributed by atoms with E-state index in [4.69, 9.17) is 0 Å². The zero-order chi connectivity index (χ0) is 9.68. The predicted molar refractivity (Wildman–Crippen MR) is 40.3 cm³/mol. The van der Waals surface area contributed by atoms with Crippen molar-refractivity contribution in [1.82, 2.24) is 15.6 Å². The van der Waals surface area contributed by atoms with E-state index in [0.29, 0.717) is 5.69 Å². The largest absolute Gasteiger partial charge is 0.317 e. The van der Waals surface area contributed by atoms with Crippen molar-refractivity contribution >= 4 is 12.1 Å². The summed E-state index contributed by atoms with van der Waals surface area (Å²) in [6.07, 6.45) is -0.414. The maximum atomic E-state index is 11.6. The molecule has 7 heteroatoms. The van der Waals surface area contributed by atoms with E-state index in [-0.39, 0.29) is 0 Å². The Balaban J connectivity index is 2.39. The Morgan fingerprint density at radius 2 is 2.54 bits per heavy atom. The van der Waals surface area contributed by atoms with Crippen LogP contribution in [0, 0.1) is 0 Å². The number of nitrogens with zero attached hydrogens (tertiary/aromatic N) is 2. The molecular weight excluding hydrogens is 182 g/mol. The van der Waals surface area contributed by atoms with Gasteiger partial charge in [-0.05, 0) is 6.07 Å². The molecule has 13 heavy (non-hydrogen) atoms. The Kier molecular flexibility index (Phi) is 3.07. The summed E-state index contributed by atoms with van der Waals surface area (Å²) in [5, 5.41) is 9.34. The molecule has 0 aliphatic carbocycles. The zero-order valence-electron chi connectivity index (χ0n) is 6.37. The number of carbonyl (C=O) groups excluding carboxylic acids is 1. The molecule has 0 unspecified atom stereocenters. The van der Waals surface area contributed by atoms with Crippen LogP contribution in [0.5, 0.6) is 0 Å². The summed E-state index contributed by atoms with van der Waals surface area (Å²) in [5.41, 5.74) is 2.16. The molecule has 0 saturated heterocycles. The summed E-state index contributed by atoms with van der Waals surface area (Å²) >= 11 is 0. The lowest BCUT2D eigenvalue weighted by molar-refractivity contribution is -0.131. The third kappa shape index (κ3) is 2.97. The van der Waals surface area contributed by atoms with Crippen molar-refractivity contribution in [2.75, 3.05) is 0 Å². The highest BCUT2D eigenvalue weighted by molar-refractivity contribution is 5.82. The minimum Gasteiger partial charge on any atom is -0.277 e. The number of carbonyl (C=O) groups is 1. The normalized spacial score (nSPS) is 11.0. The first-order valence-electron chi connectivity index (χ1n) is 3.30. The third-order valence-corrected chi connectivity index (χ3v) is 1.10. The lowest BCUT2D eigenvalue weighted by Gasteiger charge is -1.94. The van der Waals surface area contributed by atoms with Crippen molar-refractivity contribution in [3.05, 3.63) is 18.0 Å². The number of aromatic amines is 1. The van der Waals surface area contributed by atoms with Gasteiger partial charge >= 0.3 is 12.3 Å². The molecule has 0 saturated carbocycles. The van der Waals surface area contributed by atoms with Gasteiger partial charge in [0.05, 0.1) is 11.9 Å². The van der Waals surface area contributed by atoms with Gasteiger partial charge in [-0.2, -0.15) is 19.0 Å². The number of amides is 1. The first kappa shape index (κ1) is 9.30. The molecule has 0 bridgehead atoms. The fraction of sp³-hybridized carbons (Fsp3) is 0.167. The van der Waals surface area contributed by atoms with Gasteiger partial charge in [0.15, 0.2) is 0 Å². The average molecular weight is 188 g/mol. The minimum absolute atomic E-state index is 0.509. The molecule has 1 aromatic rings. The molecule has 1 amide bonds. The van der Waals surface area contributed by atoms with Crippen LogP contribution in [0.2, 0.25) is 0 Å². The average Bonchev–Trinajstić information content (AvgIpc) is 2.56. The summed E-state index contributed by atoms with van der Waals surface area (Å²) in [5.74, 6) is -1.43. The van der Waals surface area contributed by atoms with E-state index in [1.165, 1.54) is 12.4 Å². The molecule has 0 atom stereocenters. The highest BCUT2D eigenvalue weighted by Gasteiger charge is 2.12. The summed E-state index contributed by atoms with van der Waals surface area (Å²) in [4.78, 5) is 10.3. The van der Waals surface area contributed by atoms with Crippen molar-refractivity contribution in [2.45, 2.75) is 6.43 Å². The maximum Gasteiger partial charge on any atom is 0.317 e. The highest BCUT2D eigenvalue weighted by Crippen LogP contribution is 1.90. The fourth-order valence-corrected chi connectivity index (χ4v) is 0.553. The van der Waals surface area contributed by atoms with E-state index in [1.807, 2.05) is 0 Å². The van der Waals surface area contributed by atoms with Crippen molar-refractivity contribution in [3.63, 3.8) is 0 Å². The van der Waals surface area contributed by atoms with Crippen LogP contribution in [-0.4, -0.2) is 28.7 Å². The molecule has 5 nitrogen and oxygen atoms in total. The molecule has 2 N–H and O–H groups in total. The van der Waals surface area contributed by atoms with E-state index in [9.17, 15) is 13.6 Å². The van der Waals surface area contributed by atoms with Gasteiger partial charge in [-0.25, -0.2) is 5.43 Å². The summed E-state index contributed by atoms with van der Waals surface area (Å²) in [7, 11) is 0. The molecule has 1 aromatic heterocycles. The third-order valence-electron chi connectivity index (χ3n) is 1.10. The molecule has 1 heterocycles. The SMILES string of the molecule is O=C(N/N=C/c1ccn[nH]1)C(F)F. The molecule has 0 fully saturated rings. The predicted octanol–water partition coefficient (Wildman–Crippen LogP) is 0.125. The molecule has 1 rings (SSSR count). The number of hydrogen-bond donors (Lipinski definition) is 2. The smallest absolute Gasteiger partial charge is 0.277 e. The van der Waals surface area contributed by atoms with E-state index >= 15 is 0 Å². The summed E-state index contributed by atoms with van der Waals surface area (Å²) in [6, 6.07) is 1.57. The standard InChI is InChI=1S/C6H6F2N4O/c7-5(8)6(13)12-10-3-4-1-2-9-11-4/h1-3,5H,(H,9,11)(H,12,13)/b10-3+. The maximum absolute atomic E-state index is 11.6. The van der Waals surface area contributed by atoms with E-state index in [2.05, 4.69) is 15.3 Å². The van der Waals surface area contributed by atoms with Crippen molar-refractivity contribution in [1.29, 1.82) is 0 Å². The molecule has 70 valence electrons. The lowest BCUT2D eigenvalue weighted by Crippen LogP contribution is -2.24. The minimum atomic E-state index is -3.06. The zero-order valence-corrected chi connectivity index (χ0v) is 6.37. The first-order valence-corrected chi connectivity index (χ1v) is 3.30. The number of hydrogen-bond acceptors (Lipinski definition) is 3. The van der Waals surface area contributed by atoms with E-state index in [0.717, 1.165) is 0 Å². The van der Waals surface area contributed by atoms with Crippen LogP contribution in [0.4, 0.5) is 8.78 Å². The second-order valence-electron chi connectivity index (χ2n) is 2.05. The van der Waals surface area contributed by atoms with Gasteiger partial charge in [-0.3, -0.25) is 9.89 Å². The van der Waals surface area contributed by atoms with Crippen LogP contribution in [0.15, 0.2) is 17.4 Å². The monoisotopic (exact) mass is 188 g/mol. The summed E-state index contributed by atoms with van der Waals surface area (Å²) < 4.78 is 23.2. The Labute approximate surface area is 71.8 Å². The van der Waals surface area contributed by atoms with Gasteiger partial charge in [-0.1, -0.05) is 0 Å². The molecule has 0 aliphatic rings.